The van der Waals surface area contributed by atoms with Crippen molar-refractivity contribution in [3.63, 3.8) is 0 Å². The van der Waals surface area contributed by atoms with Gasteiger partial charge in [-0.25, -0.2) is 19.9 Å². The number of likely N-dealkylation sites (tertiary alicyclic amines) is 6. The van der Waals surface area contributed by atoms with E-state index < -0.39 is 0 Å². The van der Waals surface area contributed by atoms with Crippen LogP contribution in [-0.4, -0.2) is 324 Å². The molecule has 30 heteroatoms. The normalized spacial score (nSPS) is 20.7. The minimum absolute atomic E-state index is 0. The van der Waals surface area contributed by atoms with Gasteiger partial charge in [-0.05, 0) is 339 Å². The maximum Gasteiger partial charge on any atom is 0.232 e. The van der Waals surface area contributed by atoms with Gasteiger partial charge in [-0.3, -0.25) is 39.2 Å². The van der Waals surface area contributed by atoms with Gasteiger partial charge in [0.2, 0.25) is 59.5 Å². The van der Waals surface area contributed by atoms with Crippen molar-refractivity contribution in [3.05, 3.63) is 12.7 Å². The average Bonchev–Trinajstić information content (AvgIpc) is 0.761. The Morgan fingerprint density at radius 1 is 0.227 bits per heavy atom. The molecule has 10 heterocycles. The van der Waals surface area contributed by atoms with Crippen LogP contribution in [0.3, 0.4) is 0 Å². The third-order valence-electron chi connectivity index (χ3n) is 35.9. The van der Waals surface area contributed by atoms with Crippen LogP contribution in [0.1, 0.15) is 483 Å². The van der Waals surface area contributed by atoms with Crippen molar-refractivity contribution in [2.24, 2.45) is 0 Å². The number of anilines is 10. The smallest absolute Gasteiger partial charge is 0.232 e. The first-order valence-electron chi connectivity index (χ1n) is 58.6. The number of nitrogens with zero attached hydrogens (tertiary/aromatic N) is 26. The number of rotatable bonds is 53. The van der Waals surface area contributed by atoms with Crippen LogP contribution < -0.4 is 50.7 Å². The Labute approximate surface area is 923 Å². The van der Waals surface area contributed by atoms with E-state index >= 15 is 0 Å². The first-order valence-corrected chi connectivity index (χ1v) is 58.6. The molecule has 0 radical (unpaired) electrons. The lowest BCUT2D eigenvalue weighted by Crippen LogP contribution is -2.63. The van der Waals surface area contributed by atoms with E-state index in [9.17, 15) is 0 Å². The Morgan fingerprint density at radius 3 is 0.633 bits per heavy atom. The number of unbranched alkanes of at least 4 members (excludes halogenated alkanes) is 17. The van der Waals surface area contributed by atoms with Gasteiger partial charge in [0.1, 0.15) is 12.7 Å². The minimum atomic E-state index is 0. The summed E-state index contributed by atoms with van der Waals surface area (Å²) < 4.78 is 0. The molecule has 0 bridgehead atoms. The predicted molar refractivity (Wildman–Crippen MR) is 650 cm³/mol. The number of nitrogens with one attached hydrogen (secondary N) is 4. The molecule has 10 rings (SSSR count). The molecule has 4 aromatic rings. The van der Waals surface area contributed by atoms with Crippen molar-refractivity contribution in [3.8, 4) is 0 Å². The van der Waals surface area contributed by atoms with Crippen LogP contribution in [0.25, 0.3) is 0 Å². The summed E-state index contributed by atoms with van der Waals surface area (Å²) in [4.78, 5) is 96.1. The van der Waals surface area contributed by atoms with Gasteiger partial charge in [-0.2, -0.15) is 39.9 Å². The van der Waals surface area contributed by atoms with Crippen LogP contribution in [-0.2, 0) is 0 Å². The molecule has 0 atom stereocenters. The first kappa shape index (κ1) is 136. The van der Waals surface area contributed by atoms with E-state index in [-0.39, 0.29) is 108 Å². The van der Waals surface area contributed by atoms with Crippen LogP contribution in [0.5, 0.6) is 0 Å². The molecule has 30 nitrogen and oxygen atoms in total. The van der Waals surface area contributed by atoms with Gasteiger partial charge in [0.25, 0.3) is 0 Å². The van der Waals surface area contributed by atoms with E-state index in [4.69, 9.17) is 44.9 Å². The molecule has 0 spiro atoms. The zero-order valence-electron chi connectivity index (χ0n) is 102. The summed E-state index contributed by atoms with van der Waals surface area (Å²) in [7, 11) is 15.8. The number of piperidine rings is 6. The van der Waals surface area contributed by atoms with Crippen LogP contribution in [0.2, 0.25) is 0 Å². The molecule has 870 valence electrons. The molecule has 150 heavy (non-hydrogen) atoms. The second-order valence-corrected chi connectivity index (χ2v) is 52.8. The SMILES string of the molecule is C.C.C.C.CCCCCCCCCCCCC.CCCCCCN(CNc1ncnc(N(CC)C2CC(C)(C)N(C)C(C)(C)C2)n1)CNc1nc(N(CCCC)C2CC(C)(C)N(C)C(C)(C)C2)nc(N(CCCC)C2CC(C)(C)N(C)C(C)(C)C2)n1.CCCCN(c1nc(NCN(C)CNc2ncnc(N(CC)C3CC(C)(C)N(C)C(C)(C)C3)n2)nc(N(CCCC)C2CC(C)(C)N(C)C(C)(C)C2)n1)C1CC(C)(C)N(C)C(C)(C)C1. The van der Waals surface area contributed by atoms with Gasteiger partial charge < -0.3 is 50.7 Å². The van der Waals surface area contributed by atoms with Crippen LogP contribution in [0, 0.1) is 0 Å². The van der Waals surface area contributed by atoms with E-state index in [0.29, 0.717) is 74.6 Å². The number of aromatic nitrogens is 12. The van der Waals surface area contributed by atoms with E-state index in [2.05, 4.69) is 383 Å². The average molecular weight is 2100 g/mol. The summed E-state index contributed by atoms with van der Waals surface area (Å²) in [5.41, 5.74) is 0.420. The van der Waals surface area contributed by atoms with Crippen molar-refractivity contribution >= 4 is 59.5 Å². The lowest BCUT2D eigenvalue weighted by molar-refractivity contribution is -0.0135. The van der Waals surface area contributed by atoms with Crippen molar-refractivity contribution in [1.29, 1.82) is 0 Å². The fourth-order valence-corrected chi connectivity index (χ4v) is 25.4. The fourth-order valence-electron chi connectivity index (χ4n) is 25.4. The Balaban J connectivity index is 0.000000545. The molecule has 4 N–H and O–H groups in total. The molecule has 6 fully saturated rings. The summed E-state index contributed by atoms with van der Waals surface area (Å²) >= 11 is 0. The second-order valence-electron chi connectivity index (χ2n) is 52.8. The molecule has 0 amide bonds. The highest BCUT2D eigenvalue weighted by molar-refractivity contribution is 5.50. The monoisotopic (exact) mass is 2100 g/mol. The molecule has 4 aromatic heterocycles. The Kier molecular flexibility index (Phi) is 53.8. The predicted octanol–water partition coefficient (Wildman–Crippen LogP) is 26.7. The third kappa shape index (κ3) is 37.5. The summed E-state index contributed by atoms with van der Waals surface area (Å²) in [6.07, 6.45) is 45.1. The molecule has 0 aliphatic carbocycles. The minimum Gasteiger partial charge on any atom is -0.341 e. The van der Waals surface area contributed by atoms with Gasteiger partial charge in [0, 0.05) is 149 Å². The zero-order chi connectivity index (χ0) is 109. The topological polar surface area (TPSA) is 248 Å². The second kappa shape index (κ2) is 59.4. The standard InChI is InChI=1S/C54H103N15.C49H93N15.C13H28.4CH4/c1-20-24-27-28-29-66(39-57-44-55-38-56-46(59-44)67(23-4)41-32-49(5,6)63(17)50(7,8)33-41)40-58-45-60-47(68(30-25-21-2)42-34-51(9,10)64(18)52(11,12)35-42)62-48(61-45)69(31-26-22-3)43-36-53(13,14)65(19)54(15,16)37-43;1-20-23-25-63(37-29-46(8,9)60(18)47(10,11)30-37)42-55-40(56-43(57-42)64(26-24-21-2)38-31-48(12,13)61(19)49(14,15)32-38)53-35-58(16)34-52-39-50-33-51-41(54-39)62(22-3)36-27-44(4,5)59(17)45(6,7)28-36;1-3-5-7-9-11-13-12-10-8-6-4-2;;;;/h38,41-43H,20-37,39-40H2,1-19H3,(H,55,56,57,59)(H,58,60,61,62);33,36-38H,20-32,34-35H2,1-19H3,(H,50,51,52,54)(H,53,55,56,57);3-13H2,1-2H3;4*1H4. The summed E-state index contributed by atoms with van der Waals surface area (Å²) in [6, 6.07) is 1.81. The highest BCUT2D eigenvalue weighted by Gasteiger charge is 2.53. The van der Waals surface area contributed by atoms with E-state index in [1.807, 2.05) is 0 Å². The summed E-state index contributed by atoms with van der Waals surface area (Å²) in [6.45, 7) is 85.9. The van der Waals surface area contributed by atoms with Crippen molar-refractivity contribution < 1.29 is 0 Å². The van der Waals surface area contributed by atoms with Crippen molar-refractivity contribution in [2.75, 3.05) is 172 Å². The summed E-state index contributed by atoms with van der Waals surface area (Å²) in [5, 5.41) is 14.6. The van der Waals surface area contributed by atoms with Crippen LogP contribution >= 0.6 is 0 Å². The van der Waals surface area contributed by atoms with Crippen molar-refractivity contribution in [2.45, 2.75) is 586 Å². The van der Waals surface area contributed by atoms with E-state index in [1.165, 1.54) is 89.9 Å². The van der Waals surface area contributed by atoms with Gasteiger partial charge in [0.05, 0.1) is 26.7 Å². The first-order chi connectivity index (χ1) is 68.3. The van der Waals surface area contributed by atoms with Gasteiger partial charge in [-0.1, -0.05) is 194 Å². The maximum atomic E-state index is 5.58. The molecular formula is C120H240N30. The third-order valence-corrected chi connectivity index (χ3v) is 35.9. The van der Waals surface area contributed by atoms with E-state index in [0.717, 1.165) is 216 Å². The molecule has 6 aliphatic heterocycles. The Morgan fingerprint density at radius 2 is 0.413 bits per heavy atom. The van der Waals surface area contributed by atoms with Gasteiger partial charge in [0.15, 0.2) is 0 Å². The van der Waals surface area contributed by atoms with Gasteiger partial charge in [-0.15, -0.1) is 0 Å². The highest BCUT2D eigenvalue weighted by Crippen LogP contribution is 2.48. The van der Waals surface area contributed by atoms with Crippen molar-refractivity contribution in [1.82, 2.24) is 99.0 Å². The van der Waals surface area contributed by atoms with E-state index in [1.54, 1.807) is 12.7 Å². The molecule has 0 aromatic carbocycles. The molecular weight excluding hydrogens is 1860 g/mol. The molecule has 0 unspecified atom stereocenters. The Hall–Kier alpha value is -6.28. The van der Waals surface area contributed by atoms with Gasteiger partial charge >= 0.3 is 0 Å². The maximum absolute atomic E-state index is 5.58. The lowest BCUT2D eigenvalue weighted by atomic mass is 9.77. The largest absolute Gasteiger partial charge is 0.341 e. The summed E-state index contributed by atoms with van der Waals surface area (Å²) in [5.74, 6) is 7.03. The fraction of sp³-hybridized carbons (Fsp3) is 0.900. The highest BCUT2D eigenvalue weighted by atomic mass is 15.5. The van der Waals surface area contributed by atoms with Crippen LogP contribution in [0.4, 0.5) is 59.5 Å². The lowest BCUT2D eigenvalue weighted by Gasteiger charge is -2.56. The number of hydrogen-bond donors (Lipinski definition) is 4. The quantitative estimate of drug-likeness (QED) is 0.0237. The molecule has 0 saturated carbocycles. The number of hydrogen-bond acceptors (Lipinski definition) is 30. The molecule has 6 saturated heterocycles. The zero-order valence-corrected chi connectivity index (χ0v) is 102. The Bertz CT molecular complexity index is 4190. The van der Waals surface area contributed by atoms with Crippen LogP contribution in [0.15, 0.2) is 12.7 Å². The molecule has 6 aliphatic rings.